The molecule has 0 fully saturated rings. The summed E-state index contributed by atoms with van der Waals surface area (Å²) in [6, 6.07) is 8.52. The zero-order valence-corrected chi connectivity index (χ0v) is 10.0. The maximum atomic E-state index is 6.07. The SMILES string of the molecule is Cc1ccc(CCC(N)c2cnccn2)cc1. The summed E-state index contributed by atoms with van der Waals surface area (Å²) in [5, 5.41) is 0. The van der Waals surface area contributed by atoms with E-state index in [1.54, 1.807) is 18.6 Å². The Morgan fingerprint density at radius 3 is 2.59 bits per heavy atom. The van der Waals surface area contributed by atoms with Crippen LogP contribution < -0.4 is 5.73 Å². The van der Waals surface area contributed by atoms with Crippen molar-refractivity contribution in [3.8, 4) is 0 Å². The highest BCUT2D eigenvalue weighted by molar-refractivity contribution is 5.21. The predicted molar refractivity (Wildman–Crippen MR) is 68.5 cm³/mol. The van der Waals surface area contributed by atoms with Gasteiger partial charge in [-0.15, -0.1) is 0 Å². The van der Waals surface area contributed by atoms with Crippen molar-refractivity contribution in [1.29, 1.82) is 0 Å². The number of nitrogens with zero attached hydrogens (tertiary/aromatic N) is 2. The second-order valence-corrected chi connectivity index (χ2v) is 4.26. The molecule has 0 aliphatic rings. The lowest BCUT2D eigenvalue weighted by atomic mass is 10.0. The molecule has 0 saturated heterocycles. The molecule has 0 spiro atoms. The van der Waals surface area contributed by atoms with Crippen LogP contribution in [0.1, 0.15) is 29.3 Å². The van der Waals surface area contributed by atoms with Gasteiger partial charge in [0.25, 0.3) is 0 Å². The third kappa shape index (κ3) is 3.36. The third-order valence-corrected chi connectivity index (χ3v) is 2.83. The molecule has 2 N–H and O–H groups in total. The zero-order valence-electron chi connectivity index (χ0n) is 10.0. The van der Waals surface area contributed by atoms with E-state index in [-0.39, 0.29) is 6.04 Å². The molecular formula is C14H17N3. The van der Waals surface area contributed by atoms with Crippen LogP contribution in [-0.2, 0) is 6.42 Å². The van der Waals surface area contributed by atoms with Gasteiger partial charge < -0.3 is 5.73 Å². The van der Waals surface area contributed by atoms with Crippen molar-refractivity contribution < 1.29 is 0 Å². The summed E-state index contributed by atoms with van der Waals surface area (Å²) in [7, 11) is 0. The molecule has 1 aromatic heterocycles. The first kappa shape index (κ1) is 11.7. The van der Waals surface area contributed by atoms with E-state index >= 15 is 0 Å². The Morgan fingerprint density at radius 1 is 1.18 bits per heavy atom. The summed E-state index contributed by atoms with van der Waals surface area (Å²) in [5.74, 6) is 0. The molecule has 3 nitrogen and oxygen atoms in total. The number of aromatic nitrogens is 2. The highest BCUT2D eigenvalue weighted by Crippen LogP contribution is 2.14. The molecule has 2 rings (SSSR count). The minimum atomic E-state index is -0.0370. The maximum absolute atomic E-state index is 6.07. The standard InChI is InChI=1S/C14H17N3/c1-11-2-4-12(5-3-11)6-7-13(15)14-10-16-8-9-17-14/h2-5,8-10,13H,6-7,15H2,1H3. The second-order valence-electron chi connectivity index (χ2n) is 4.26. The van der Waals surface area contributed by atoms with Gasteiger partial charge in [-0.2, -0.15) is 0 Å². The van der Waals surface area contributed by atoms with E-state index in [9.17, 15) is 0 Å². The molecule has 0 radical (unpaired) electrons. The molecule has 2 aromatic rings. The van der Waals surface area contributed by atoms with Gasteiger partial charge in [0.05, 0.1) is 5.69 Å². The van der Waals surface area contributed by atoms with Crippen LogP contribution in [0.15, 0.2) is 42.9 Å². The molecule has 0 aliphatic carbocycles. The van der Waals surface area contributed by atoms with Crippen molar-refractivity contribution in [2.45, 2.75) is 25.8 Å². The molecule has 17 heavy (non-hydrogen) atoms. The summed E-state index contributed by atoms with van der Waals surface area (Å²) < 4.78 is 0. The van der Waals surface area contributed by atoms with Crippen LogP contribution in [0.2, 0.25) is 0 Å². The van der Waals surface area contributed by atoms with E-state index in [1.165, 1.54) is 11.1 Å². The van der Waals surface area contributed by atoms with Gasteiger partial charge in [-0.3, -0.25) is 9.97 Å². The highest BCUT2D eigenvalue weighted by atomic mass is 14.8. The number of rotatable bonds is 4. The number of aryl methyl sites for hydroxylation is 2. The van der Waals surface area contributed by atoms with Gasteiger partial charge >= 0.3 is 0 Å². The van der Waals surface area contributed by atoms with E-state index < -0.39 is 0 Å². The van der Waals surface area contributed by atoms with Crippen molar-refractivity contribution in [2.24, 2.45) is 5.73 Å². The van der Waals surface area contributed by atoms with Gasteiger partial charge in [-0.05, 0) is 25.3 Å². The van der Waals surface area contributed by atoms with Crippen LogP contribution in [0.4, 0.5) is 0 Å². The fourth-order valence-corrected chi connectivity index (χ4v) is 1.73. The van der Waals surface area contributed by atoms with E-state index in [0.717, 1.165) is 18.5 Å². The average molecular weight is 227 g/mol. The normalized spacial score (nSPS) is 12.4. The predicted octanol–water partition coefficient (Wildman–Crippen LogP) is 2.42. The third-order valence-electron chi connectivity index (χ3n) is 2.83. The van der Waals surface area contributed by atoms with E-state index in [1.807, 2.05) is 0 Å². The van der Waals surface area contributed by atoms with Crippen molar-refractivity contribution in [2.75, 3.05) is 0 Å². The summed E-state index contributed by atoms with van der Waals surface area (Å²) in [4.78, 5) is 8.25. The van der Waals surface area contributed by atoms with Crippen LogP contribution in [0, 0.1) is 6.92 Å². The van der Waals surface area contributed by atoms with Crippen LogP contribution in [0.3, 0.4) is 0 Å². The molecular weight excluding hydrogens is 210 g/mol. The lowest BCUT2D eigenvalue weighted by Gasteiger charge is -2.10. The Morgan fingerprint density at radius 2 is 1.94 bits per heavy atom. The van der Waals surface area contributed by atoms with Gasteiger partial charge in [0.15, 0.2) is 0 Å². The van der Waals surface area contributed by atoms with Gasteiger partial charge in [0.2, 0.25) is 0 Å². The fraction of sp³-hybridized carbons (Fsp3) is 0.286. The minimum Gasteiger partial charge on any atom is -0.323 e. The fourth-order valence-electron chi connectivity index (χ4n) is 1.73. The molecule has 88 valence electrons. The minimum absolute atomic E-state index is 0.0370. The Bertz CT molecular complexity index is 451. The highest BCUT2D eigenvalue weighted by Gasteiger charge is 2.07. The molecule has 0 saturated carbocycles. The molecule has 1 atom stereocenters. The Kier molecular flexibility index (Phi) is 3.83. The first-order chi connectivity index (χ1) is 8.25. The number of benzene rings is 1. The van der Waals surface area contributed by atoms with Crippen molar-refractivity contribution >= 4 is 0 Å². The van der Waals surface area contributed by atoms with E-state index in [0.29, 0.717) is 0 Å². The zero-order chi connectivity index (χ0) is 12.1. The topological polar surface area (TPSA) is 51.8 Å². The van der Waals surface area contributed by atoms with Crippen LogP contribution in [-0.4, -0.2) is 9.97 Å². The molecule has 1 aromatic carbocycles. The Hall–Kier alpha value is -1.74. The maximum Gasteiger partial charge on any atom is 0.0753 e. The van der Waals surface area contributed by atoms with Crippen LogP contribution in [0.5, 0.6) is 0 Å². The first-order valence-electron chi connectivity index (χ1n) is 5.83. The van der Waals surface area contributed by atoms with E-state index in [2.05, 4.69) is 41.2 Å². The molecule has 3 heteroatoms. The Balaban J connectivity index is 1.92. The summed E-state index contributed by atoms with van der Waals surface area (Å²) >= 11 is 0. The summed E-state index contributed by atoms with van der Waals surface area (Å²) in [5.41, 5.74) is 9.53. The van der Waals surface area contributed by atoms with Crippen LogP contribution >= 0.6 is 0 Å². The molecule has 1 heterocycles. The van der Waals surface area contributed by atoms with Crippen molar-refractivity contribution in [3.05, 3.63) is 59.7 Å². The van der Waals surface area contributed by atoms with Gasteiger partial charge in [-0.1, -0.05) is 29.8 Å². The number of nitrogens with two attached hydrogens (primary N) is 1. The van der Waals surface area contributed by atoms with Crippen molar-refractivity contribution in [1.82, 2.24) is 9.97 Å². The summed E-state index contributed by atoms with van der Waals surface area (Å²) in [6.45, 7) is 2.09. The first-order valence-corrected chi connectivity index (χ1v) is 5.83. The Labute approximate surface area is 102 Å². The quantitative estimate of drug-likeness (QED) is 0.872. The van der Waals surface area contributed by atoms with Gasteiger partial charge in [-0.25, -0.2) is 0 Å². The smallest absolute Gasteiger partial charge is 0.0753 e. The molecule has 1 unspecified atom stereocenters. The lowest BCUT2D eigenvalue weighted by Crippen LogP contribution is -2.13. The van der Waals surface area contributed by atoms with Crippen molar-refractivity contribution in [3.63, 3.8) is 0 Å². The van der Waals surface area contributed by atoms with Gasteiger partial charge in [0.1, 0.15) is 0 Å². The van der Waals surface area contributed by atoms with Crippen LogP contribution in [0.25, 0.3) is 0 Å². The molecule has 0 bridgehead atoms. The van der Waals surface area contributed by atoms with Gasteiger partial charge in [0, 0.05) is 24.6 Å². The molecule has 0 amide bonds. The summed E-state index contributed by atoms with van der Waals surface area (Å²) in [6.07, 6.45) is 6.94. The average Bonchev–Trinajstić information content (AvgIpc) is 2.39. The number of hydrogen-bond donors (Lipinski definition) is 1. The van der Waals surface area contributed by atoms with E-state index in [4.69, 9.17) is 5.73 Å². The monoisotopic (exact) mass is 227 g/mol. The second kappa shape index (κ2) is 5.55. The number of hydrogen-bond acceptors (Lipinski definition) is 3. The lowest BCUT2D eigenvalue weighted by molar-refractivity contribution is 0.630. The molecule has 0 aliphatic heterocycles. The largest absolute Gasteiger partial charge is 0.323 e.